The smallest absolute Gasteiger partial charge is 0.313 e. The lowest BCUT2D eigenvalue weighted by atomic mass is 10.1. The van der Waals surface area contributed by atoms with E-state index in [1.807, 2.05) is 38.1 Å². The van der Waals surface area contributed by atoms with Gasteiger partial charge in [0.1, 0.15) is 0 Å². The standard InChI is InChI=1S/C18H20N2O3S/c1-11-5-4-6-12(2)16(11)20-18(23)17(22)19-10-9-14-7-8-15(24-14)13(3)21/h4-8H,9-10H2,1-3H3,(H,19,22)(H,20,23). The van der Waals surface area contributed by atoms with Gasteiger partial charge in [0, 0.05) is 17.1 Å². The summed E-state index contributed by atoms with van der Waals surface area (Å²) < 4.78 is 0. The maximum absolute atomic E-state index is 12.0. The fraction of sp³-hybridized carbons (Fsp3) is 0.278. The Bertz CT molecular complexity index is 760. The lowest BCUT2D eigenvalue weighted by Crippen LogP contribution is -2.36. The second-order valence-corrected chi connectivity index (χ2v) is 6.72. The Balaban J connectivity index is 1.85. The molecule has 0 radical (unpaired) electrons. The molecule has 2 rings (SSSR count). The van der Waals surface area contributed by atoms with E-state index in [1.54, 1.807) is 6.07 Å². The fourth-order valence-corrected chi connectivity index (χ4v) is 3.17. The Morgan fingerprint density at radius 1 is 1.00 bits per heavy atom. The summed E-state index contributed by atoms with van der Waals surface area (Å²) in [6, 6.07) is 9.30. The van der Waals surface area contributed by atoms with Crippen LogP contribution in [0.25, 0.3) is 0 Å². The van der Waals surface area contributed by atoms with Crippen molar-refractivity contribution in [1.82, 2.24) is 5.32 Å². The van der Waals surface area contributed by atoms with Gasteiger partial charge in [-0.3, -0.25) is 14.4 Å². The van der Waals surface area contributed by atoms with Crippen molar-refractivity contribution in [3.8, 4) is 0 Å². The molecule has 0 saturated carbocycles. The van der Waals surface area contributed by atoms with Gasteiger partial charge >= 0.3 is 11.8 Å². The molecule has 0 spiro atoms. The van der Waals surface area contributed by atoms with E-state index in [-0.39, 0.29) is 5.78 Å². The minimum atomic E-state index is -0.678. The molecule has 1 aromatic heterocycles. The van der Waals surface area contributed by atoms with Crippen molar-refractivity contribution in [3.05, 3.63) is 51.2 Å². The first kappa shape index (κ1) is 17.9. The van der Waals surface area contributed by atoms with Gasteiger partial charge in [-0.25, -0.2) is 0 Å². The topological polar surface area (TPSA) is 75.3 Å². The summed E-state index contributed by atoms with van der Waals surface area (Å²) in [6.07, 6.45) is 0.584. The number of rotatable bonds is 5. The van der Waals surface area contributed by atoms with Crippen LogP contribution in [-0.4, -0.2) is 24.1 Å². The molecule has 0 saturated heterocycles. The van der Waals surface area contributed by atoms with Crippen LogP contribution in [-0.2, 0) is 16.0 Å². The maximum Gasteiger partial charge on any atom is 0.313 e. The summed E-state index contributed by atoms with van der Waals surface area (Å²) in [5, 5.41) is 5.25. The number of amides is 2. The molecule has 6 heteroatoms. The lowest BCUT2D eigenvalue weighted by Gasteiger charge is -2.11. The van der Waals surface area contributed by atoms with Gasteiger partial charge in [-0.2, -0.15) is 0 Å². The Labute approximate surface area is 145 Å². The predicted molar refractivity (Wildman–Crippen MR) is 95.6 cm³/mol. The van der Waals surface area contributed by atoms with Crippen molar-refractivity contribution in [1.29, 1.82) is 0 Å². The number of anilines is 1. The number of thiophene rings is 1. The van der Waals surface area contributed by atoms with Crippen LogP contribution in [0.1, 0.15) is 32.6 Å². The third-order valence-electron chi connectivity index (χ3n) is 3.59. The molecule has 2 aromatic rings. The average Bonchev–Trinajstić information content (AvgIpc) is 3.00. The Kier molecular flexibility index (Phi) is 5.87. The van der Waals surface area contributed by atoms with Crippen molar-refractivity contribution < 1.29 is 14.4 Å². The van der Waals surface area contributed by atoms with E-state index in [2.05, 4.69) is 10.6 Å². The van der Waals surface area contributed by atoms with Gasteiger partial charge in [-0.05, 0) is 50.5 Å². The SMILES string of the molecule is CC(=O)c1ccc(CCNC(=O)C(=O)Nc2c(C)cccc2C)s1. The molecule has 2 amide bonds. The van der Waals surface area contributed by atoms with E-state index < -0.39 is 11.8 Å². The summed E-state index contributed by atoms with van der Waals surface area (Å²) in [5.41, 5.74) is 2.49. The molecule has 0 unspecified atom stereocenters. The second kappa shape index (κ2) is 7.88. The highest BCUT2D eigenvalue weighted by atomic mass is 32.1. The molecule has 24 heavy (non-hydrogen) atoms. The number of hydrogen-bond acceptors (Lipinski definition) is 4. The van der Waals surface area contributed by atoms with E-state index in [4.69, 9.17) is 0 Å². The highest BCUT2D eigenvalue weighted by Crippen LogP contribution is 2.19. The van der Waals surface area contributed by atoms with Crippen LogP contribution in [0.2, 0.25) is 0 Å². The summed E-state index contributed by atoms with van der Waals surface area (Å²) in [5.74, 6) is -1.31. The third kappa shape index (κ3) is 4.52. The predicted octanol–water partition coefficient (Wildman–Crippen LogP) is 2.86. The summed E-state index contributed by atoms with van der Waals surface area (Å²) >= 11 is 1.41. The normalized spacial score (nSPS) is 10.3. The largest absolute Gasteiger partial charge is 0.347 e. The second-order valence-electron chi connectivity index (χ2n) is 5.55. The molecule has 0 aliphatic heterocycles. The van der Waals surface area contributed by atoms with Crippen LogP contribution in [0.4, 0.5) is 5.69 Å². The van der Waals surface area contributed by atoms with Gasteiger partial charge in [0.05, 0.1) is 4.88 Å². The monoisotopic (exact) mass is 344 g/mol. The van der Waals surface area contributed by atoms with Gasteiger partial charge in [-0.15, -0.1) is 11.3 Å². The van der Waals surface area contributed by atoms with Crippen LogP contribution in [0, 0.1) is 13.8 Å². The molecule has 0 fully saturated rings. The third-order valence-corrected chi connectivity index (χ3v) is 4.84. The number of benzene rings is 1. The van der Waals surface area contributed by atoms with E-state index in [9.17, 15) is 14.4 Å². The minimum Gasteiger partial charge on any atom is -0.347 e. The Morgan fingerprint density at radius 2 is 1.67 bits per heavy atom. The summed E-state index contributed by atoms with van der Waals surface area (Å²) in [4.78, 5) is 36.8. The summed E-state index contributed by atoms with van der Waals surface area (Å²) in [7, 11) is 0. The number of Topliss-reactive ketones (excluding diaryl/α,β-unsaturated/α-hetero) is 1. The van der Waals surface area contributed by atoms with Crippen molar-refractivity contribution in [3.63, 3.8) is 0 Å². The first-order valence-corrected chi connectivity index (χ1v) is 8.45. The zero-order valence-corrected chi connectivity index (χ0v) is 14.8. The van der Waals surface area contributed by atoms with Crippen molar-refractivity contribution in [2.24, 2.45) is 0 Å². The average molecular weight is 344 g/mol. The number of carbonyl (C=O) groups excluding carboxylic acids is 3. The van der Waals surface area contributed by atoms with Crippen molar-refractivity contribution in [2.45, 2.75) is 27.2 Å². The highest BCUT2D eigenvalue weighted by Gasteiger charge is 2.15. The highest BCUT2D eigenvalue weighted by molar-refractivity contribution is 7.14. The van der Waals surface area contributed by atoms with E-state index in [0.717, 1.165) is 16.0 Å². The lowest BCUT2D eigenvalue weighted by molar-refractivity contribution is -0.136. The minimum absolute atomic E-state index is 0.0308. The fourth-order valence-electron chi connectivity index (χ4n) is 2.26. The number of ketones is 1. The zero-order chi connectivity index (χ0) is 17.7. The molecule has 0 aliphatic rings. The maximum atomic E-state index is 12.0. The molecule has 0 bridgehead atoms. The van der Waals surface area contributed by atoms with E-state index >= 15 is 0 Å². The van der Waals surface area contributed by atoms with E-state index in [0.29, 0.717) is 23.5 Å². The molecular weight excluding hydrogens is 324 g/mol. The van der Waals surface area contributed by atoms with Crippen LogP contribution >= 0.6 is 11.3 Å². The zero-order valence-electron chi connectivity index (χ0n) is 13.9. The molecule has 5 nitrogen and oxygen atoms in total. The molecular formula is C18H20N2O3S. The van der Waals surface area contributed by atoms with Gasteiger partial charge in [-0.1, -0.05) is 18.2 Å². The number of aryl methyl sites for hydroxylation is 2. The number of nitrogens with one attached hydrogen (secondary N) is 2. The first-order chi connectivity index (χ1) is 11.4. The van der Waals surface area contributed by atoms with Crippen LogP contribution in [0.3, 0.4) is 0 Å². The van der Waals surface area contributed by atoms with E-state index in [1.165, 1.54) is 18.3 Å². The summed E-state index contributed by atoms with van der Waals surface area (Å²) in [6.45, 7) is 5.62. The number of para-hydroxylation sites is 1. The molecule has 0 aliphatic carbocycles. The van der Waals surface area contributed by atoms with Crippen LogP contribution in [0.15, 0.2) is 30.3 Å². The molecule has 0 atom stereocenters. The molecule has 2 N–H and O–H groups in total. The Morgan fingerprint density at radius 3 is 2.25 bits per heavy atom. The molecule has 1 aromatic carbocycles. The molecule has 126 valence electrons. The van der Waals surface area contributed by atoms with Gasteiger partial charge < -0.3 is 10.6 Å². The van der Waals surface area contributed by atoms with Crippen LogP contribution < -0.4 is 10.6 Å². The quantitative estimate of drug-likeness (QED) is 0.647. The van der Waals surface area contributed by atoms with Crippen molar-refractivity contribution >= 4 is 34.6 Å². The first-order valence-electron chi connectivity index (χ1n) is 7.63. The van der Waals surface area contributed by atoms with Gasteiger partial charge in [0.25, 0.3) is 0 Å². The molecule has 1 heterocycles. The van der Waals surface area contributed by atoms with Gasteiger partial charge in [0.2, 0.25) is 0 Å². The number of carbonyl (C=O) groups is 3. The van der Waals surface area contributed by atoms with Gasteiger partial charge in [0.15, 0.2) is 5.78 Å². The van der Waals surface area contributed by atoms with Crippen molar-refractivity contribution in [2.75, 3.05) is 11.9 Å². The Hall–Kier alpha value is -2.47. The van der Waals surface area contributed by atoms with Crippen LogP contribution in [0.5, 0.6) is 0 Å². The number of hydrogen-bond donors (Lipinski definition) is 2.